The lowest BCUT2D eigenvalue weighted by molar-refractivity contribution is 0.0743. The van der Waals surface area contributed by atoms with Crippen molar-refractivity contribution in [3.8, 4) is 0 Å². The molecule has 3 heterocycles. The Kier molecular flexibility index (Phi) is 5.42. The van der Waals surface area contributed by atoms with E-state index in [-0.39, 0.29) is 11.9 Å². The van der Waals surface area contributed by atoms with Gasteiger partial charge in [0.2, 0.25) is 0 Å². The summed E-state index contributed by atoms with van der Waals surface area (Å²) in [6, 6.07) is 6.08. The Balaban J connectivity index is 1.66. The summed E-state index contributed by atoms with van der Waals surface area (Å²) in [7, 11) is 1.62. The van der Waals surface area contributed by atoms with Crippen LogP contribution in [0, 0.1) is 6.92 Å². The van der Waals surface area contributed by atoms with Crippen molar-refractivity contribution in [2.24, 2.45) is 0 Å². The van der Waals surface area contributed by atoms with Gasteiger partial charge in [0.15, 0.2) is 0 Å². The van der Waals surface area contributed by atoms with E-state index in [4.69, 9.17) is 4.74 Å². The highest BCUT2D eigenvalue weighted by atomic mass is 32.1. The Labute approximate surface area is 145 Å². The Hall–Kier alpha value is -1.99. The van der Waals surface area contributed by atoms with Gasteiger partial charge in [0, 0.05) is 31.9 Å². The van der Waals surface area contributed by atoms with Crippen LogP contribution in [-0.2, 0) is 11.3 Å². The Morgan fingerprint density at radius 2 is 2.38 bits per heavy atom. The van der Waals surface area contributed by atoms with Crippen LogP contribution >= 0.6 is 11.3 Å². The van der Waals surface area contributed by atoms with Crippen LogP contribution in [0.25, 0.3) is 0 Å². The van der Waals surface area contributed by atoms with E-state index in [0.29, 0.717) is 18.0 Å². The van der Waals surface area contributed by atoms with Gasteiger partial charge in [-0.3, -0.25) is 4.79 Å². The zero-order valence-corrected chi connectivity index (χ0v) is 14.8. The molecule has 24 heavy (non-hydrogen) atoms. The molecule has 1 amide bonds. The smallest absolute Gasteiger partial charge is 0.266 e. The standard InChI is InChI=1S/C17H22N4O2S/c1-12-5-3-7-15(20-12)18-9-13-6-4-8-21(13)17(22)16-14(10-23-2)19-11-24-16/h3,5,7,11,13H,4,6,8-10H2,1-2H3,(H,18,20). The number of hydrogen-bond donors (Lipinski definition) is 1. The second-order valence-corrected chi connectivity index (χ2v) is 6.76. The first-order chi connectivity index (χ1) is 11.7. The van der Waals surface area contributed by atoms with Crippen molar-refractivity contribution in [1.82, 2.24) is 14.9 Å². The lowest BCUT2D eigenvalue weighted by atomic mass is 10.2. The number of nitrogens with one attached hydrogen (secondary N) is 1. The summed E-state index contributed by atoms with van der Waals surface area (Å²) in [4.78, 5) is 24.2. The Bertz CT molecular complexity index is 703. The molecule has 1 aliphatic heterocycles. The highest BCUT2D eigenvalue weighted by Crippen LogP contribution is 2.24. The third kappa shape index (κ3) is 3.73. The molecule has 6 nitrogen and oxygen atoms in total. The van der Waals surface area contributed by atoms with Gasteiger partial charge in [-0.15, -0.1) is 11.3 Å². The molecule has 1 aliphatic rings. The van der Waals surface area contributed by atoms with Crippen molar-refractivity contribution in [1.29, 1.82) is 0 Å². The molecule has 0 aromatic carbocycles. The van der Waals surface area contributed by atoms with Gasteiger partial charge in [0.1, 0.15) is 10.7 Å². The molecule has 0 saturated carbocycles. The van der Waals surface area contributed by atoms with Gasteiger partial charge in [-0.25, -0.2) is 9.97 Å². The third-order valence-corrected chi connectivity index (χ3v) is 5.02. The molecule has 3 rings (SSSR count). The molecule has 2 aromatic heterocycles. The van der Waals surface area contributed by atoms with Crippen molar-refractivity contribution >= 4 is 23.1 Å². The average Bonchev–Trinajstić information content (AvgIpc) is 3.22. The minimum absolute atomic E-state index is 0.0612. The largest absolute Gasteiger partial charge is 0.378 e. The lowest BCUT2D eigenvalue weighted by Crippen LogP contribution is -2.39. The van der Waals surface area contributed by atoms with Gasteiger partial charge < -0.3 is 15.0 Å². The highest BCUT2D eigenvalue weighted by molar-refractivity contribution is 7.11. The van der Waals surface area contributed by atoms with E-state index in [0.717, 1.165) is 36.6 Å². The number of likely N-dealkylation sites (tertiary alicyclic amines) is 1. The molecule has 128 valence electrons. The van der Waals surface area contributed by atoms with E-state index in [2.05, 4.69) is 15.3 Å². The average molecular weight is 346 g/mol. The first-order valence-corrected chi connectivity index (χ1v) is 8.97. The minimum atomic E-state index is 0.0612. The molecule has 0 bridgehead atoms. The molecular weight excluding hydrogens is 324 g/mol. The number of amides is 1. The number of carbonyl (C=O) groups excluding carboxylic acids is 1. The summed E-state index contributed by atoms with van der Waals surface area (Å²) in [5, 5.41) is 3.36. The second-order valence-electron chi connectivity index (χ2n) is 5.90. The molecule has 1 N–H and O–H groups in total. The van der Waals surface area contributed by atoms with Gasteiger partial charge in [0.05, 0.1) is 17.8 Å². The van der Waals surface area contributed by atoms with Crippen LogP contribution in [0.5, 0.6) is 0 Å². The molecule has 1 fully saturated rings. The van der Waals surface area contributed by atoms with Crippen molar-refractivity contribution < 1.29 is 9.53 Å². The summed E-state index contributed by atoms with van der Waals surface area (Å²) in [6.45, 7) is 3.84. The van der Waals surface area contributed by atoms with Crippen molar-refractivity contribution in [3.05, 3.63) is 40.0 Å². The maximum absolute atomic E-state index is 12.9. The number of ether oxygens (including phenoxy) is 1. The topological polar surface area (TPSA) is 67.3 Å². The number of anilines is 1. The van der Waals surface area contributed by atoms with Crippen LogP contribution in [0.2, 0.25) is 0 Å². The van der Waals surface area contributed by atoms with Crippen LogP contribution in [0.15, 0.2) is 23.7 Å². The number of methoxy groups -OCH3 is 1. The number of hydrogen-bond acceptors (Lipinski definition) is 6. The summed E-state index contributed by atoms with van der Waals surface area (Å²) >= 11 is 1.39. The lowest BCUT2D eigenvalue weighted by Gasteiger charge is -2.25. The normalized spacial score (nSPS) is 17.2. The van der Waals surface area contributed by atoms with E-state index in [1.165, 1.54) is 11.3 Å². The summed E-state index contributed by atoms with van der Waals surface area (Å²) in [5.41, 5.74) is 3.42. The zero-order valence-electron chi connectivity index (χ0n) is 14.0. The fraction of sp³-hybridized carbons (Fsp3) is 0.471. The zero-order chi connectivity index (χ0) is 16.9. The Morgan fingerprint density at radius 3 is 3.17 bits per heavy atom. The first kappa shape index (κ1) is 16.9. The number of nitrogens with zero attached hydrogens (tertiary/aromatic N) is 3. The molecule has 0 spiro atoms. The molecular formula is C17H22N4O2S. The van der Waals surface area contributed by atoms with Crippen LogP contribution < -0.4 is 5.32 Å². The molecule has 2 aromatic rings. The molecule has 1 atom stereocenters. The maximum atomic E-state index is 12.9. The second kappa shape index (κ2) is 7.72. The number of thiazole rings is 1. The van der Waals surface area contributed by atoms with E-state index < -0.39 is 0 Å². The highest BCUT2D eigenvalue weighted by Gasteiger charge is 2.31. The molecule has 1 saturated heterocycles. The van der Waals surface area contributed by atoms with Gasteiger partial charge in [-0.05, 0) is 31.9 Å². The molecule has 1 unspecified atom stereocenters. The van der Waals surface area contributed by atoms with Crippen LogP contribution in [0.3, 0.4) is 0 Å². The SMILES string of the molecule is COCc1ncsc1C(=O)N1CCCC1CNc1cccc(C)n1. The summed E-state index contributed by atoms with van der Waals surface area (Å²) in [6.07, 6.45) is 2.03. The summed E-state index contributed by atoms with van der Waals surface area (Å²) in [5.74, 6) is 0.915. The van der Waals surface area contributed by atoms with Gasteiger partial charge in [-0.1, -0.05) is 6.07 Å². The number of aromatic nitrogens is 2. The maximum Gasteiger partial charge on any atom is 0.266 e. The first-order valence-electron chi connectivity index (χ1n) is 8.09. The number of rotatable bonds is 6. The number of pyridine rings is 1. The van der Waals surface area contributed by atoms with Gasteiger partial charge in [0.25, 0.3) is 5.91 Å². The van der Waals surface area contributed by atoms with E-state index in [1.54, 1.807) is 12.6 Å². The van der Waals surface area contributed by atoms with E-state index in [9.17, 15) is 4.79 Å². The van der Waals surface area contributed by atoms with Crippen LogP contribution in [0.4, 0.5) is 5.82 Å². The van der Waals surface area contributed by atoms with Gasteiger partial charge in [-0.2, -0.15) is 0 Å². The van der Waals surface area contributed by atoms with Crippen molar-refractivity contribution in [3.63, 3.8) is 0 Å². The minimum Gasteiger partial charge on any atom is -0.378 e. The summed E-state index contributed by atoms with van der Waals surface area (Å²) < 4.78 is 5.14. The number of carbonyl (C=O) groups is 1. The molecule has 0 aliphatic carbocycles. The monoisotopic (exact) mass is 346 g/mol. The van der Waals surface area contributed by atoms with Crippen molar-refractivity contribution in [2.75, 3.05) is 25.5 Å². The quantitative estimate of drug-likeness (QED) is 0.871. The third-order valence-electron chi connectivity index (χ3n) is 4.16. The predicted octanol–water partition coefficient (Wildman–Crippen LogP) is 2.71. The van der Waals surface area contributed by atoms with E-state index >= 15 is 0 Å². The fourth-order valence-corrected chi connectivity index (χ4v) is 3.74. The van der Waals surface area contributed by atoms with Crippen LogP contribution in [0.1, 0.15) is 33.9 Å². The number of aryl methyl sites for hydroxylation is 1. The van der Waals surface area contributed by atoms with Crippen molar-refractivity contribution in [2.45, 2.75) is 32.4 Å². The van der Waals surface area contributed by atoms with E-state index in [1.807, 2.05) is 30.0 Å². The Morgan fingerprint density at radius 1 is 1.50 bits per heavy atom. The molecule has 7 heteroatoms. The predicted molar refractivity (Wildman–Crippen MR) is 94.3 cm³/mol. The van der Waals surface area contributed by atoms with Crippen LogP contribution in [-0.4, -0.2) is 47.0 Å². The fourth-order valence-electron chi connectivity index (χ4n) is 2.99. The molecule has 0 radical (unpaired) electrons. The van der Waals surface area contributed by atoms with Gasteiger partial charge >= 0.3 is 0 Å².